The van der Waals surface area contributed by atoms with E-state index in [0.717, 1.165) is 17.8 Å². The van der Waals surface area contributed by atoms with E-state index in [0.29, 0.717) is 22.2 Å². The van der Waals surface area contributed by atoms with Gasteiger partial charge in [-0.1, -0.05) is 12.1 Å². The Morgan fingerprint density at radius 1 is 1.30 bits per heavy atom. The Kier molecular flexibility index (Phi) is 3.08. The van der Waals surface area contributed by atoms with Gasteiger partial charge in [-0.25, -0.2) is 4.98 Å². The van der Waals surface area contributed by atoms with Crippen molar-refractivity contribution in [3.8, 4) is 17.0 Å². The second-order valence-electron chi connectivity index (χ2n) is 4.61. The summed E-state index contributed by atoms with van der Waals surface area (Å²) in [5, 5.41) is 1.48. The van der Waals surface area contributed by atoms with Crippen LogP contribution in [0.1, 0.15) is 23.8 Å². The van der Waals surface area contributed by atoms with Crippen molar-refractivity contribution in [2.45, 2.75) is 25.1 Å². The Hall–Kier alpha value is -1.76. The molecule has 1 aromatic carbocycles. The van der Waals surface area contributed by atoms with Crippen LogP contribution in [0.2, 0.25) is 0 Å². The minimum Gasteiger partial charge on any atom is -0.406 e. The largest absolute Gasteiger partial charge is 0.573 e. The molecule has 106 valence electrons. The Bertz CT molecular complexity index is 635. The van der Waals surface area contributed by atoms with Crippen LogP contribution >= 0.6 is 11.3 Å². The molecular formula is C13H11F3N2OS. The summed E-state index contributed by atoms with van der Waals surface area (Å²) in [5.74, 6) is 0.195. The zero-order chi connectivity index (χ0) is 14.3. The fourth-order valence-electron chi connectivity index (χ4n) is 1.90. The number of alkyl halides is 3. The standard InChI is InChI=1S/C13H11F3N2OS/c14-13(15,16)19-9-3-1-2-8(6-9)10-11(17)20-12(18-10)7-4-5-7/h1-3,6-7H,4-5,17H2. The van der Waals surface area contributed by atoms with E-state index in [1.807, 2.05) is 0 Å². The van der Waals surface area contributed by atoms with Gasteiger partial charge in [0.05, 0.1) is 5.01 Å². The number of hydrogen-bond donors (Lipinski definition) is 1. The van der Waals surface area contributed by atoms with Crippen LogP contribution in [-0.2, 0) is 0 Å². The van der Waals surface area contributed by atoms with Crippen LogP contribution in [0.15, 0.2) is 24.3 Å². The average molecular weight is 300 g/mol. The molecule has 3 rings (SSSR count). The van der Waals surface area contributed by atoms with Crippen molar-refractivity contribution in [1.29, 1.82) is 0 Å². The lowest BCUT2D eigenvalue weighted by molar-refractivity contribution is -0.274. The number of anilines is 1. The zero-order valence-corrected chi connectivity index (χ0v) is 11.1. The molecule has 0 saturated heterocycles. The van der Waals surface area contributed by atoms with Gasteiger partial charge < -0.3 is 10.5 Å². The first-order chi connectivity index (χ1) is 9.42. The summed E-state index contributed by atoms with van der Waals surface area (Å²) in [7, 11) is 0. The van der Waals surface area contributed by atoms with Gasteiger partial charge in [0.25, 0.3) is 0 Å². The smallest absolute Gasteiger partial charge is 0.406 e. The molecule has 0 aliphatic heterocycles. The maximum atomic E-state index is 12.2. The number of nitrogens with zero attached hydrogens (tertiary/aromatic N) is 1. The molecule has 7 heteroatoms. The van der Waals surface area contributed by atoms with Gasteiger partial charge >= 0.3 is 6.36 Å². The van der Waals surface area contributed by atoms with Crippen molar-refractivity contribution in [3.05, 3.63) is 29.3 Å². The van der Waals surface area contributed by atoms with Crippen molar-refractivity contribution in [2.75, 3.05) is 5.73 Å². The van der Waals surface area contributed by atoms with E-state index < -0.39 is 6.36 Å². The molecular weight excluding hydrogens is 289 g/mol. The lowest BCUT2D eigenvalue weighted by Gasteiger charge is -2.09. The molecule has 3 nitrogen and oxygen atoms in total. The quantitative estimate of drug-likeness (QED) is 0.925. The van der Waals surface area contributed by atoms with Gasteiger partial charge in [-0.3, -0.25) is 0 Å². The first-order valence-electron chi connectivity index (χ1n) is 6.05. The summed E-state index contributed by atoms with van der Waals surface area (Å²) in [6.07, 6.45) is -2.50. The molecule has 0 radical (unpaired) electrons. The van der Waals surface area contributed by atoms with Crippen molar-refractivity contribution in [2.24, 2.45) is 0 Å². The third kappa shape index (κ3) is 2.87. The molecule has 0 spiro atoms. The molecule has 1 aromatic heterocycles. The highest BCUT2D eigenvalue weighted by atomic mass is 32.1. The number of rotatable bonds is 3. The van der Waals surface area contributed by atoms with Crippen LogP contribution < -0.4 is 10.5 Å². The third-order valence-corrected chi connectivity index (χ3v) is 3.98. The summed E-state index contributed by atoms with van der Waals surface area (Å²) in [4.78, 5) is 4.44. The van der Waals surface area contributed by atoms with E-state index >= 15 is 0 Å². The highest BCUT2D eigenvalue weighted by molar-refractivity contribution is 7.16. The lowest BCUT2D eigenvalue weighted by Crippen LogP contribution is -2.17. The Labute approximate surface area is 117 Å². The number of nitrogen functional groups attached to an aromatic ring is 1. The van der Waals surface area contributed by atoms with E-state index in [-0.39, 0.29) is 5.75 Å². The number of benzene rings is 1. The number of hydrogen-bond acceptors (Lipinski definition) is 4. The molecule has 20 heavy (non-hydrogen) atoms. The van der Waals surface area contributed by atoms with E-state index in [9.17, 15) is 13.2 Å². The van der Waals surface area contributed by atoms with Crippen LogP contribution in [0.25, 0.3) is 11.3 Å². The minimum atomic E-state index is -4.70. The number of ether oxygens (including phenoxy) is 1. The van der Waals surface area contributed by atoms with Crippen LogP contribution in [0, 0.1) is 0 Å². The van der Waals surface area contributed by atoms with Crippen molar-refractivity contribution >= 4 is 16.3 Å². The van der Waals surface area contributed by atoms with Crippen LogP contribution in [0.3, 0.4) is 0 Å². The lowest BCUT2D eigenvalue weighted by atomic mass is 10.1. The predicted molar refractivity (Wildman–Crippen MR) is 70.6 cm³/mol. The summed E-state index contributed by atoms with van der Waals surface area (Å²) in [6, 6.07) is 5.72. The average Bonchev–Trinajstić information content (AvgIpc) is 3.11. The van der Waals surface area contributed by atoms with Crippen molar-refractivity contribution in [1.82, 2.24) is 4.98 Å². The summed E-state index contributed by atoms with van der Waals surface area (Å²) >= 11 is 1.40. The van der Waals surface area contributed by atoms with Crippen molar-refractivity contribution in [3.63, 3.8) is 0 Å². The monoisotopic (exact) mass is 300 g/mol. The number of halogens is 3. The third-order valence-electron chi connectivity index (χ3n) is 2.94. The van der Waals surface area contributed by atoms with Gasteiger partial charge in [-0.2, -0.15) is 0 Å². The number of thiazole rings is 1. The first-order valence-corrected chi connectivity index (χ1v) is 6.86. The zero-order valence-electron chi connectivity index (χ0n) is 10.3. The molecule has 1 saturated carbocycles. The molecule has 1 heterocycles. The molecule has 1 aliphatic rings. The highest BCUT2D eigenvalue weighted by Gasteiger charge is 2.31. The Morgan fingerprint density at radius 2 is 2.05 bits per heavy atom. The maximum absolute atomic E-state index is 12.2. The van der Waals surface area contributed by atoms with Crippen molar-refractivity contribution < 1.29 is 17.9 Å². The fourth-order valence-corrected chi connectivity index (χ4v) is 2.93. The summed E-state index contributed by atoms with van der Waals surface area (Å²) in [6.45, 7) is 0. The second-order valence-corrected chi connectivity index (χ2v) is 5.68. The van der Waals surface area contributed by atoms with E-state index in [1.54, 1.807) is 6.07 Å². The highest BCUT2D eigenvalue weighted by Crippen LogP contribution is 2.45. The molecule has 0 amide bonds. The van der Waals surface area contributed by atoms with Crippen LogP contribution in [-0.4, -0.2) is 11.3 Å². The minimum absolute atomic E-state index is 0.268. The predicted octanol–water partition coefficient (Wildman–Crippen LogP) is 4.17. The van der Waals surface area contributed by atoms with Crippen LogP contribution in [0.5, 0.6) is 5.75 Å². The molecule has 0 unspecified atom stereocenters. The summed E-state index contributed by atoms with van der Waals surface area (Å²) in [5.41, 5.74) is 6.98. The van der Waals surface area contributed by atoms with E-state index in [4.69, 9.17) is 5.73 Å². The topological polar surface area (TPSA) is 48.1 Å². The molecule has 2 aromatic rings. The molecule has 1 fully saturated rings. The SMILES string of the molecule is Nc1sc(C2CC2)nc1-c1cccc(OC(F)(F)F)c1. The van der Waals surface area contributed by atoms with Gasteiger partial charge in [0.1, 0.15) is 16.4 Å². The van der Waals surface area contributed by atoms with Gasteiger partial charge in [-0.05, 0) is 25.0 Å². The van der Waals surface area contributed by atoms with Gasteiger partial charge in [0.15, 0.2) is 0 Å². The maximum Gasteiger partial charge on any atom is 0.573 e. The van der Waals surface area contributed by atoms with Gasteiger partial charge in [0.2, 0.25) is 0 Å². The normalized spacial score (nSPS) is 15.3. The molecule has 0 atom stereocenters. The molecule has 0 bridgehead atoms. The van der Waals surface area contributed by atoms with Crippen LogP contribution in [0.4, 0.5) is 18.2 Å². The summed E-state index contributed by atoms with van der Waals surface area (Å²) < 4.78 is 40.5. The Morgan fingerprint density at radius 3 is 2.70 bits per heavy atom. The van der Waals surface area contributed by atoms with Gasteiger partial charge in [-0.15, -0.1) is 24.5 Å². The van der Waals surface area contributed by atoms with Gasteiger partial charge in [0, 0.05) is 11.5 Å². The molecule has 2 N–H and O–H groups in total. The fraction of sp³-hybridized carbons (Fsp3) is 0.308. The first kappa shape index (κ1) is 13.2. The van der Waals surface area contributed by atoms with E-state index in [1.165, 1.54) is 29.5 Å². The number of nitrogens with two attached hydrogens (primary N) is 1. The Balaban J connectivity index is 1.91. The second kappa shape index (κ2) is 4.66. The van der Waals surface area contributed by atoms with E-state index in [2.05, 4.69) is 9.72 Å². The number of aromatic nitrogens is 1. The molecule has 1 aliphatic carbocycles.